The van der Waals surface area contributed by atoms with E-state index in [-0.39, 0.29) is 24.0 Å². The number of rotatable bonds is 6. The SMILES string of the molecule is COc1cc(O)c(CN=Nc2nccnc2OC)c(OC)c1. The van der Waals surface area contributed by atoms with E-state index < -0.39 is 0 Å². The van der Waals surface area contributed by atoms with Crippen molar-refractivity contribution in [2.75, 3.05) is 21.3 Å². The highest BCUT2D eigenvalue weighted by Crippen LogP contribution is 2.34. The van der Waals surface area contributed by atoms with Crippen LogP contribution >= 0.6 is 0 Å². The minimum absolute atomic E-state index is 0.0151. The zero-order valence-corrected chi connectivity index (χ0v) is 12.5. The summed E-state index contributed by atoms with van der Waals surface area (Å²) in [5.74, 6) is 1.50. The van der Waals surface area contributed by atoms with Gasteiger partial charge >= 0.3 is 0 Å². The topological polar surface area (TPSA) is 98.4 Å². The number of aromatic nitrogens is 2. The molecule has 0 aliphatic rings. The number of azo groups is 1. The molecule has 0 aliphatic heterocycles. The zero-order chi connectivity index (χ0) is 15.9. The highest BCUT2D eigenvalue weighted by molar-refractivity contribution is 5.50. The number of benzene rings is 1. The Bertz CT molecular complexity index is 676. The van der Waals surface area contributed by atoms with E-state index in [1.54, 1.807) is 6.07 Å². The second-order valence-corrected chi connectivity index (χ2v) is 4.12. The molecule has 0 bridgehead atoms. The van der Waals surface area contributed by atoms with Gasteiger partial charge in [0.1, 0.15) is 17.2 Å². The Labute approximate surface area is 127 Å². The minimum atomic E-state index is 0.0151. The molecule has 0 unspecified atom stereocenters. The van der Waals surface area contributed by atoms with Crippen LogP contribution in [0.4, 0.5) is 5.82 Å². The van der Waals surface area contributed by atoms with Gasteiger partial charge < -0.3 is 19.3 Å². The van der Waals surface area contributed by atoms with Crippen molar-refractivity contribution in [3.8, 4) is 23.1 Å². The molecule has 0 radical (unpaired) electrons. The van der Waals surface area contributed by atoms with Gasteiger partial charge in [-0.1, -0.05) is 0 Å². The molecule has 0 fully saturated rings. The zero-order valence-electron chi connectivity index (χ0n) is 12.5. The van der Waals surface area contributed by atoms with Crippen LogP contribution in [-0.4, -0.2) is 36.4 Å². The van der Waals surface area contributed by atoms with Gasteiger partial charge in [-0.3, -0.25) is 0 Å². The maximum Gasteiger partial charge on any atom is 0.261 e. The molecule has 8 nitrogen and oxygen atoms in total. The first kappa shape index (κ1) is 15.5. The van der Waals surface area contributed by atoms with Crippen LogP contribution in [0.1, 0.15) is 5.56 Å². The Balaban J connectivity index is 2.22. The number of methoxy groups -OCH3 is 3. The molecular formula is C14H16N4O4. The molecule has 0 aliphatic carbocycles. The Morgan fingerprint density at radius 3 is 2.50 bits per heavy atom. The van der Waals surface area contributed by atoms with E-state index in [0.29, 0.717) is 17.1 Å². The predicted octanol–water partition coefficient (Wildman–Crippen LogP) is 2.49. The largest absolute Gasteiger partial charge is 0.507 e. The fourth-order valence-corrected chi connectivity index (χ4v) is 1.77. The molecule has 116 valence electrons. The molecule has 2 rings (SSSR count). The molecule has 0 spiro atoms. The monoisotopic (exact) mass is 304 g/mol. The summed E-state index contributed by atoms with van der Waals surface area (Å²) >= 11 is 0. The molecule has 2 aromatic rings. The van der Waals surface area contributed by atoms with Crippen LogP contribution in [0.2, 0.25) is 0 Å². The summed E-state index contributed by atoms with van der Waals surface area (Å²) in [6.45, 7) is 0.110. The maximum atomic E-state index is 10.0. The third kappa shape index (κ3) is 3.40. The fourth-order valence-electron chi connectivity index (χ4n) is 1.77. The van der Waals surface area contributed by atoms with Crippen LogP contribution in [-0.2, 0) is 6.54 Å². The van der Waals surface area contributed by atoms with Crippen LogP contribution in [0.3, 0.4) is 0 Å². The van der Waals surface area contributed by atoms with Gasteiger partial charge in [0.15, 0.2) is 0 Å². The standard InChI is InChI=1S/C14H16N4O4/c1-20-9-6-11(19)10(12(7-9)21-2)8-17-18-13-14(22-3)16-5-4-15-13/h4-7,19H,8H2,1-3H3. The number of nitrogens with zero attached hydrogens (tertiary/aromatic N) is 4. The molecule has 1 aromatic heterocycles. The number of aromatic hydroxyl groups is 1. The second kappa shape index (κ2) is 7.21. The lowest BCUT2D eigenvalue weighted by Crippen LogP contribution is -1.94. The van der Waals surface area contributed by atoms with E-state index in [9.17, 15) is 5.11 Å². The molecule has 1 aromatic carbocycles. The van der Waals surface area contributed by atoms with Crippen LogP contribution in [0.15, 0.2) is 34.8 Å². The van der Waals surface area contributed by atoms with Crippen LogP contribution in [0, 0.1) is 0 Å². The van der Waals surface area contributed by atoms with E-state index >= 15 is 0 Å². The Kier molecular flexibility index (Phi) is 5.07. The highest BCUT2D eigenvalue weighted by Gasteiger charge is 2.11. The van der Waals surface area contributed by atoms with Gasteiger partial charge in [-0.25, -0.2) is 9.97 Å². The molecule has 8 heteroatoms. The smallest absolute Gasteiger partial charge is 0.261 e. The van der Waals surface area contributed by atoms with Gasteiger partial charge in [0.2, 0.25) is 5.82 Å². The van der Waals surface area contributed by atoms with E-state index in [4.69, 9.17) is 14.2 Å². The van der Waals surface area contributed by atoms with Crippen molar-refractivity contribution in [2.24, 2.45) is 10.2 Å². The molecule has 22 heavy (non-hydrogen) atoms. The van der Waals surface area contributed by atoms with Gasteiger partial charge in [-0.05, 0) is 0 Å². The van der Waals surface area contributed by atoms with Crippen molar-refractivity contribution in [2.45, 2.75) is 6.54 Å². The summed E-state index contributed by atoms with van der Waals surface area (Å²) in [6, 6.07) is 3.14. The van der Waals surface area contributed by atoms with Gasteiger partial charge in [0, 0.05) is 24.5 Å². The van der Waals surface area contributed by atoms with Crippen LogP contribution < -0.4 is 14.2 Å². The molecule has 0 atom stereocenters. The Hall–Kier alpha value is -2.90. The van der Waals surface area contributed by atoms with E-state index in [1.807, 2.05) is 0 Å². The lowest BCUT2D eigenvalue weighted by molar-refractivity contribution is 0.379. The third-order valence-electron chi connectivity index (χ3n) is 2.85. The van der Waals surface area contributed by atoms with E-state index in [2.05, 4.69) is 20.2 Å². The summed E-state index contributed by atoms with van der Waals surface area (Å²) in [7, 11) is 4.48. The number of hydrogen-bond donors (Lipinski definition) is 1. The molecule has 1 heterocycles. The summed E-state index contributed by atoms with van der Waals surface area (Å²) in [5, 5.41) is 18.0. The first-order valence-electron chi connectivity index (χ1n) is 6.36. The summed E-state index contributed by atoms with van der Waals surface area (Å²) in [6.07, 6.45) is 2.98. The van der Waals surface area contributed by atoms with Crippen LogP contribution in [0.5, 0.6) is 23.1 Å². The van der Waals surface area contributed by atoms with Crippen LogP contribution in [0.25, 0.3) is 0 Å². The normalized spacial score (nSPS) is 10.7. The lowest BCUT2D eigenvalue weighted by Gasteiger charge is -2.10. The first-order chi connectivity index (χ1) is 10.7. The van der Waals surface area contributed by atoms with E-state index in [0.717, 1.165) is 0 Å². The Morgan fingerprint density at radius 1 is 1.05 bits per heavy atom. The highest BCUT2D eigenvalue weighted by atomic mass is 16.5. The van der Waals surface area contributed by atoms with Crippen molar-refractivity contribution < 1.29 is 19.3 Å². The summed E-state index contributed by atoms with van der Waals surface area (Å²) in [4.78, 5) is 7.98. The average molecular weight is 304 g/mol. The maximum absolute atomic E-state index is 10.0. The quantitative estimate of drug-likeness (QED) is 0.823. The fraction of sp³-hybridized carbons (Fsp3) is 0.286. The third-order valence-corrected chi connectivity index (χ3v) is 2.85. The number of phenols is 1. The molecule has 1 N–H and O–H groups in total. The second-order valence-electron chi connectivity index (χ2n) is 4.12. The van der Waals surface area contributed by atoms with Crippen molar-refractivity contribution in [3.63, 3.8) is 0 Å². The Morgan fingerprint density at radius 2 is 1.82 bits per heavy atom. The molecular weight excluding hydrogens is 288 g/mol. The molecule has 0 saturated heterocycles. The number of phenolic OH excluding ortho intramolecular Hbond substituents is 1. The average Bonchev–Trinajstić information content (AvgIpc) is 2.56. The predicted molar refractivity (Wildman–Crippen MR) is 78.0 cm³/mol. The first-order valence-corrected chi connectivity index (χ1v) is 6.36. The summed E-state index contributed by atoms with van der Waals surface area (Å²) in [5.41, 5.74) is 0.495. The van der Waals surface area contributed by atoms with Gasteiger partial charge in [0.05, 0.1) is 33.4 Å². The molecule has 0 amide bonds. The number of ether oxygens (including phenoxy) is 3. The van der Waals surface area contributed by atoms with Crippen molar-refractivity contribution in [1.82, 2.24) is 9.97 Å². The van der Waals surface area contributed by atoms with E-state index in [1.165, 1.54) is 39.8 Å². The van der Waals surface area contributed by atoms with Crippen molar-refractivity contribution in [1.29, 1.82) is 0 Å². The minimum Gasteiger partial charge on any atom is -0.507 e. The number of hydrogen-bond acceptors (Lipinski definition) is 8. The summed E-state index contributed by atoms with van der Waals surface area (Å²) < 4.78 is 15.3. The van der Waals surface area contributed by atoms with Gasteiger partial charge in [-0.2, -0.15) is 5.11 Å². The van der Waals surface area contributed by atoms with Gasteiger partial charge in [-0.15, -0.1) is 5.11 Å². The lowest BCUT2D eigenvalue weighted by atomic mass is 10.1. The van der Waals surface area contributed by atoms with Gasteiger partial charge in [0.25, 0.3) is 5.88 Å². The van der Waals surface area contributed by atoms with Crippen molar-refractivity contribution >= 4 is 5.82 Å². The molecule has 0 saturated carbocycles. The van der Waals surface area contributed by atoms with Crippen molar-refractivity contribution in [3.05, 3.63) is 30.1 Å².